The molecule has 0 heterocycles. The van der Waals surface area contributed by atoms with Crippen molar-refractivity contribution in [3.05, 3.63) is 35.4 Å². The molecule has 0 spiro atoms. The Hall–Kier alpha value is -0.960. The third-order valence-corrected chi connectivity index (χ3v) is 2.68. The Morgan fingerprint density at radius 1 is 1.38 bits per heavy atom. The fourth-order valence-corrected chi connectivity index (χ4v) is 1.54. The molecule has 0 aromatic heterocycles. The molecule has 0 aliphatic heterocycles. The van der Waals surface area contributed by atoms with E-state index in [1.807, 2.05) is 0 Å². The van der Waals surface area contributed by atoms with Crippen LogP contribution in [0.4, 0.5) is 0 Å². The third kappa shape index (κ3) is 3.51. The van der Waals surface area contributed by atoms with Crippen molar-refractivity contribution < 1.29 is 0 Å². The van der Waals surface area contributed by atoms with Crippen molar-refractivity contribution in [3.8, 4) is 0 Å². The zero-order valence-corrected chi connectivity index (χ0v) is 8.77. The van der Waals surface area contributed by atoms with Crippen molar-refractivity contribution in [2.24, 2.45) is 10.7 Å². The van der Waals surface area contributed by atoms with Gasteiger partial charge in [0.15, 0.2) is 5.17 Å². The topological polar surface area (TPSA) is 38.4 Å². The molecule has 2 nitrogen and oxygen atoms in total. The number of hydrogen-bond acceptors (Lipinski definition) is 2. The first-order valence-electron chi connectivity index (χ1n) is 4.13. The summed E-state index contributed by atoms with van der Waals surface area (Å²) in [6.07, 6.45) is 0. The molecule has 0 fully saturated rings. The Morgan fingerprint density at radius 2 is 2.00 bits per heavy atom. The lowest BCUT2D eigenvalue weighted by Crippen LogP contribution is -2.05. The van der Waals surface area contributed by atoms with E-state index in [1.54, 1.807) is 18.8 Å². The number of benzene rings is 1. The first kappa shape index (κ1) is 10.1. The van der Waals surface area contributed by atoms with Crippen LogP contribution >= 0.6 is 11.8 Å². The predicted octanol–water partition coefficient (Wildman–Crippen LogP) is 2.17. The van der Waals surface area contributed by atoms with Crippen molar-refractivity contribution in [1.82, 2.24) is 0 Å². The van der Waals surface area contributed by atoms with Crippen LogP contribution in [0.1, 0.15) is 11.1 Å². The lowest BCUT2D eigenvalue weighted by atomic mass is 10.2. The van der Waals surface area contributed by atoms with Crippen molar-refractivity contribution in [1.29, 1.82) is 0 Å². The Morgan fingerprint density at radius 3 is 2.54 bits per heavy atom. The van der Waals surface area contributed by atoms with Crippen LogP contribution in [0, 0.1) is 6.92 Å². The van der Waals surface area contributed by atoms with Gasteiger partial charge in [-0.15, -0.1) is 0 Å². The Labute approximate surface area is 83.2 Å². The van der Waals surface area contributed by atoms with E-state index in [2.05, 4.69) is 36.2 Å². The largest absolute Gasteiger partial charge is 0.379 e. The first-order valence-corrected chi connectivity index (χ1v) is 5.11. The molecule has 0 aliphatic carbocycles. The quantitative estimate of drug-likeness (QED) is 0.579. The lowest BCUT2D eigenvalue weighted by Gasteiger charge is -2.00. The molecule has 0 unspecified atom stereocenters. The summed E-state index contributed by atoms with van der Waals surface area (Å²) in [5.74, 6) is 0.892. The average Bonchev–Trinajstić information content (AvgIpc) is 2.16. The SMILES string of the molecule is CN=C(N)SCc1ccc(C)cc1. The van der Waals surface area contributed by atoms with Gasteiger partial charge < -0.3 is 5.73 Å². The lowest BCUT2D eigenvalue weighted by molar-refractivity contribution is 1.37. The van der Waals surface area contributed by atoms with Gasteiger partial charge in [0.2, 0.25) is 0 Å². The van der Waals surface area contributed by atoms with E-state index in [9.17, 15) is 0 Å². The number of thioether (sulfide) groups is 1. The standard InChI is InChI=1S/C10H14N2S/c1-8-3-5-9(6-4-8)7-13-10(11)12-2/h3-6H,7H2,1-2H3,(H2,11,12). The van der Waals surface area contributed by atoms with Crippen molar-refractivity contribution in [2.75, 3.05) is 7.05 Å². The Bertz CT molecular complexity index is 290. The zero-order valence-electron chi connectivity index (χ0n) is 7.95. The second-order valence-corrected chi connectivity index (χ2v) is 3.83. The molecule has 0 amide bonds. The second kappa shape index (κ2) is 4.92. The number of aryl methyl sites for hydroxylation is 1. The normalized spacial score (nSPS) is 11.7. The monoisotopic (exact) mass is 194 g/mol. The molecule has 1 aromatic rings. The molecule has 13 heavy (non-hydrogen) atoms. The van der Waals surface area contributed by atoms with E-state index in [0.717, 1.165) is 5.75 Å². The number of rotatable bonds is 2. The van der Waals surface area contributed by atoms with Gasteiger partial charge in [0.25, 0.3) is 0 Å². The minimum atomic E-state index is 0.639. The van der Waals surface area contributed by atoms with Crippen LogP contribution in [0.3, 0.4) is 0 Å². The van der Waals surface area contributed by atoms with Crippen LogP contribution in [-0.2, 0) is 5.75 Å². The van der Waals surface area contributed by atoms with E-state index in [4.69, 9.17) is 5.73 Å². The van der Waals surface area contributed by atoms with Crippen LogP contribution in [0.25, 0.3) is 0 Å². The minimum absolute atomic E-state index is 0.639. The maximum Gasteiger partial charge on any atom is 0.153 e. The molecule has 0 aliphatic rings. The molecule has 0 saturated heterocycles. The van der Waals surface area contributed by atoms with Crippen molar-refractivity contribution >= 4 is 16.9 Å². The number of nitrogens with two attached hydrogens (primary N) is 1. The molecule has 0 bridgehead atoms. The van der Waals surface area contributed by atoms with Gasteiger partial charge in [-0.3, -0.25) is 4.99 Å². The van der Waals surface area contributed by atoms with Crippen molar-refractivity contribution in [3.63, 3.8) is 0 Å². The summed E-state index contributed by atoms with van der Waals surface area (Å²) < 4.78 is 0. The van der Waals surface area contributed by atoms with Gasteiger partial charge in [0.1, 0.15) is 0 Å². The fraction of sp³-hybridized carbons (Fsp3) is 0.300. The fourth-order valence-electron chi connectivity index (χ4n) is 0.906. The van der Waals surface area contributed by atoms with Crippen molar-refractivity contribution in [2.45, 2.75) is 12.7 Å². The highest BCUT2D eigenvalue weighted by molar-refractivity contribution is 8.13. The number of hydrogen-bond donors (Lipinski definition) is 1. The number of aliphatic imine (C=N–C) groups is 1. The summed E-state index contributed by atoms with van der Waals surface area (Å²) in [7, 11) is 1.71. The number of amidine groups is 1. The molecule has 0 atom stereocenters. The van der Waals surface area contributed by atoms with E-state index in [0.29, 0.717) is 5.17 Å². The molecule has 70 valence electrons. The summed E-state index contributed by atoms with van der Waals surface area (Å²) in [6.45, 7) is 2.08. The van der Waals surface area contributed by atoms with Gasteiger partial charge in [-0.2, -0.15) is 0 Å². The maximum absolute atomic E-state index is 5.56. The zero-order chi connectivity index (χ0) is 9.68. The summed E-state index contributed by atoms with van der Waals surface area (Å²) in [5.41, 5.74) is 8.13. The van der Waals surface area contributed by atoms with Gasteiger partial charge in [0.05, 0.1) is 0 Å². The molecule has 0 saturated carbocycles. The molecular weight excluding hydrogens is 180 g/mol. The predicted molar refractivity (Wildman–Crippen MR) is 60.0 cm³/mol. The van der Waals surface area contributed by atoms with Gasteiger partial charge in [-0.25, -0.2) is 0 Å². The summed E-state index contributed by atoms with van der Waals surface area (Å²) in [4.78, 5) is 3.88. The Balaban J connectivity index is 2.51. The highest BCUT2D eigenvalue weighted by atomic mass is 32.2. The molecule has 1 rings (SSSR count). The smallest absolute Gasteiger partial charge is 0.153 e. The van der Waals surface area contributed by atoms with E-state index in [-0.39, 0.29) is 0 Å². The summed E-state index contributed by atoms with van der Waals surface area (Å²) in [5, 5.41) is 0.639. The average molecular weight is 194 g/mol. The van der Waals surface area contributed by atoms with E-state index in [1.165, 1.54) is 11.1 Å². The van der Waals surface area contributed by atoms with Gasteiger partial charge in [0, 0.05) is 12.8 Å². The molecule has 3 heteroatoms. The molecule has 1 aromatic carbocycles. The first-order chi connectivity index (χ1) is 6.22. The van der Waals surface area contributed by atoms with Gasteiger partial charge >= 0.3 is 0 Å². The van der Waals surface area contributed by atoms with Crippen LogP contribution in [0.2, 0.25) is 0 Å². The van der Waals surface area contributed by atoms with Crippen LogP contribution in [-0.4, -0.2) is 12.2 Å². The summed E-state index contributed by atoms with van der Waals surface area (Å²) >= 11 is 1.56. The van der Waals surface area contributed by atoms with E-state index >= 15 is 0 Å². The maximum atomic E-state index is 5.56. The summed E-state index contributed by atoms with van der Waals surface area (Å²) in [6, 6.07) is 8.45. The second-order valence-electron chi connectivity index (χ2n) is 2.84. The van der Waals surface area contributed by atoms with Gasteiger partial charge in [-0.1, -0.05) is 41.6 Å². The third-order valence-electron chi connectivity index (χ3n) is 1.73. The van der Waals surface area contributed by atoms with Crippen LogP contribution < -0.4 is 5.73 Å². The molecular formula is C10H14N2S. The number of nitrogens with zero attached hydrogens (tertiary/aromatic N) is 1. The highest BCUT2D eigenvalue weighted by Gasteiger charge is 1.95. The van der Waals surface area contributed by atoms with Crippen LogP contribution in [0.15, 0.2) is 29.3 Å². The highest BCUT2D eigenvalue weighted by Crippen LogP contribution is 2.12. The molecule has 2 N–H and O–H groups in total. The molecule has 0 radical (unpaired) electrons. The van der Waals surface area contributed by atoms with Crippen LogP contribution in [0.5, 0.6) is 0 Å². The Kier molecular flexibility index (Phi) is 3.83. The van der Waals surface area contributed by atoms with Gasteiger partial charge in [-0.05, 0) is 12.5 Å². The minimum Gasteiger partial charge on any atom is -0.379 e. The van der Waals surface area contributed by atoms with E-state index < -0.39 is 0 Å².